The molecule has 3 fully saturated rings. The normalized spacial score (nSPS) is 20.2. The highest BCUT2D eigenvalue weighted by Crippen LogP contribution is 2.42. The number of likely N-dealkylation sites (tertiary alicyclic amines) is 2. The van der Waals surface area contributed by atoms with Gasteiger partial charge in [-0.25, -0.2) is 0 Å². The van der Waals surface area contributed by atoms with Gasteiger partial charge in [0.25, 0.3) is 0 Å². The van der Waals surface area contributed by atoms with Crippen molar-refractivity contribution in [2.75, 3.05) is 33.3 Å². The molecule has 1 unspecified atom stereocenters. The summed E-state index contributed by atoms with van der Waals surface area (Å²) in [5.74, 6) is 1.47. The van der Waals surface area contributed by atoms with Gasteiger partial charge in [-0.05, 0) is 75.4 Å². The molecule has 3 aliphatic rings. The van der Waals surface area contributed by atoms with E-state index in [1.807, 2.05) is 30.3 Å². The summed E-state index contributed by atoms with van der Waals surface area (Å²) in [6.45, 7) is 4.28. The second-order valence-corrected chi connectivity index (χ2v) is 12.2. The third-order valence-corrected chi connectivity index (χ3v) is 9.52. The fraction of sp³-hybridized carbons (Fsp3) is 0.548. The van der Waals surface area contributed by atoms with E-state index >= 15 is 0 Å². The second-order valence-electron chi connectivity index (χ2n) is 11.3. The molecule has 1 saturated carbocycles. The lowest BCUT2D eigenvalue weighted by Gasteiger charge is -2.38. The Morgan fingerprint density at radius 1 is 1.05 bits per heavy atom. The molecule has 1 atom stereocenters. The highest BCUT2D eigenvalue weighted by Gasteiger charge is 2.47. The Morgan fingerprint density at radius 3 is 2.41 bits per heavy atom. The van der Waals surface area contributed by atoms with Gasteiger partial charge in [-0.1, -0.05) is 59.1 Å². The van der Waals surface area contributed by atoms with E-state index in [0.29, 0.717) is 12.5 Å². The number of carbonyl (C=O) groups is 2. The Hall–Kier alpha value is -2.09. The summed E-state index contributed by atoms with van der Waals surface area (Å²) in [6.07, 6.45) is 7.88. The van der Waals surface area contributed by atoms with Crippen LogP contribution >= 0.6 is 28.3 Å². The van der Waals surface area contributed by atoms with Crippen LogP contribution in [0.3, 0.4) is 0 Å². The predicted octanol–water partition coefficient (Wildman–Crippen LogP) is 6.13. The molecule has 212 valence electrons. The van der Waals surface area contributed by atoms with Gasteiger partial charge in [0.05, 0.1) is 18.6 Å². The number of rotatable bonds is 9. The maximum absolute atomic E-state index is 13.5. The van der Waals surface area contributed by atoms with Gasteiger partial charge in [-0.15, -0.1) is 12.4 Å². The van der Waals surface area contributed by atoms with E-state index in [1.54, 1.807) is 7.11 Å². The fourth-order valence-electron chi connectivity index (χ4n) is 6.57. The molecule has 5 rings (SSSR count). The van der Waals surface area contributed by atoms with Crippen molar-refractivity contribution in [2.24, 2.45) is 11.3 Å². The Balaban J connectivity index is 0.00000353. The van der Waals surface area contributed by atoms with Crippen LogP contribution in [0.2, 0.25) is 0 Å². The molecule has 1 aliphatic carbocycles. The molecule has 2 aromatic carbocycles. The summed E-state index contributed by atoms with van der Waals surface area (Å²) in [7, 11) is 1.69. The predicted molar refractivity (Wildman–Crippen MR) is 160 cm³/mol. The number of hydrogen-bond donors (Lipinski definition) is 1. The summed E-state index contributed by atoms with van der Waals surface area (Å²) < 4.78 is 6.71. The lowest BCUT2D eigenvalue weighted by molar-refractivity contribution is -0.139. The highest BCUT2D eigenvalue weighted by molar-refractivity contribution is 9.10. The van der Waals surface area contributed by atoms with Gasteiger partial charge < -0.3 is 19.9 Å². The van der Waals surface area contributed by atoms with Crippen LogP contribution in [-0.2, 0) is 16.1 Å². The number of carbonyl (C=O) groups excluding carboxylic acids is 2. The van der Waals surface area contributed by atoms with Gasteiger partial charge in [0.15, 0.2) is 0 Å². The molecule has 1 spiro atoms. The number of halogens is 2. The number of benzene rings is 2. The van der Waals surface area contributed by atoms with E-state index in [1.165, 1.54) is 5.56 Å². The second kappa shape index (κ2) is 13.5. The topological polar surface area (TPSA) is 61.9 Å². The molecular weight excluding hydrogens is 578 g/mol. The average molecular weight is 619 g/mol. The van der Waals surface area contributed by atoms with E-state index in [4.69, 9.17) is 4.74 Å². The smallest absolute Gasteiger partial charge is 0.229 e. The minimum absolute atomic E-state index is 0. The van der Waals surface area contributed by atoms with Crippen LogP contribution < -0.4 is 10.1 Å². The molecule has 2 saturated heterocycles. The number of ether oxygens (including phenoxy) is 1. The number of amides is 2. The molecule has 0 aromatic heterocycles. The summed E-state index contributed by atoms with van der Waals surface area (Å²) in [5, 5.41) is 3.37. The quantitative estimate of drug-likeness (QED) is 0.367. The van der Waals surface area contributed by atoms with Crippen molar-refractivity contribution in [1.29, 1.82) is 0 Å². The minimum Gasteiger partial charge on any atom is -0.496 e. The van der Waals surface area contributed by atoms with Crippen LogP contribution in [0.15, 0.2) is 53.0 Å². The van der Waals surface area contributed by atoms with Crippen LogP contribution in [0.5, 0.6) is 5.75 Å². The lowest BCUT2D eigenvalue weighted by atomic mass is 9.77. The molecular formula is C31H41BrClN3O3. The van der Waals surface area contributed by atoms with E-state index in [9.17, 15) is 9.59 Å². The Bertz CT molecular complexity index is 1110. The molecule has 2 aliphatic heterocycles. The Morgan fingerprint density at radius 2 is 1.72 bits per heavy atom. The van der Waals surface area contributed by atoms with E-state index < -0.39 is 0 Å². The summed E-state index contributed by atoms with van der Waals surface area (Å²) in [4.78, 5) is 31.0. The van der Waals surface area contributed by atoms with Crippen molar-refractivity contribution >= 4 is 40.2 Å². The van der Waals surface area contributed by atoms with Gasteiger partial charge in [0, 0.05) is 35.6 Å². The van der Waals surface area contributed by atoms with Crippen LogP contribution in [0.25, 0.3) is 0 Å². The number of nitrogens with zero attached hydrogens (tertiary/aromatic N) is 2. The first-order valence-electron chi connectivity index (χ1n) is 14.2. The first kappa shape index (κ1) is 29.9. The van der Waals surface area contributed by atoms with E-state index in [2.05, 4.69) is 49.2 Å². The Labute approximate surface area is 247 Å². The van der Waals surface area contributed by atoms with Gasteiger partial charge in [0.1, 0.15) is 5.75 Å². The van der Waals surface area contributed by atoms with Crippen molar-refractivity contribution < 1.29 is 14.3 Å². The molecule has 8 heteroatoms. The third-order valence-electron chi connectivity index (χ3n) is 8.99. The standard InChI is InChI=1S/C31H40BrN3O3.ClH/c1-38-28-9-5-4-8-26(28)27(33-29(36)24-6-2-3-7-24)14-18-34-19-15-31(16-20-34)17-21-35(30(31)37)22-23-10-12-25(32)13-11-23;/h4-5,8-13,24,27H,2-3,6-7,14-22H2,1H3,(H,33,36);1H. The monoisotopic (exact) mass is 617 g/mol. The molecule has 2 aromatic rings. The van der Waals surface area contributed by atoms with Crippen LogP contribution in [-0.4, -0.2) is 54.9 Å². The molecule has 39 heavy (non-hydrogen) atoms. The lowest BCUT2D eigenvalue weighted by Crippen LogP contribution is -2.45. The maximum atomic E-state index is 13.5. The van der Waals surface area contributed by atoms with Gasteiger partial charge in [-0.3, -0.25) is 9.59 Å². The average Bonchev–Trinajstić information content (AvgIpc) is 3.59. The van der Waals surface area contributed by atoms with Crippen molar-refractivity contribution in [2.45, 2.75) is 64.0 Å². The zero-order valence-corrected chi connectivity index (χ0v) is 25.3. The molecule has 0 radical (unpaired) electrons. The number of hydrogen-bond acceptors (Lipinski definition) is 4. The van der Waals surface area contributed by atoms with Gasteiger partial charge in [-0.2, -0.15) is 0 Å². The summed E-state index contributed by atoms with van der Waals surface area (Å²) in [5.41, 5.74) is 2.02. The van der Waals surface area contributed by atoms with Crippen LogP contribution in [0.4, 0.5) is 0 Å². The first-order chi connectivity index (χ1) is 18.5. The van der Waals surface area contributed by atoms with Crippen LogP contribution in [0.1, 0.15) is 68.5 Å². The number of methoxy groups -OCH3 is 1. The van der Waals surface area contributed by atoms with Crippen molar-refractivity contribution in [3.63, 3.8) is 0 Å². The van der Waals surface area contributed by atoms with Crippen LogP contribution in [0, 0.1) is 11.3 Å². The van der Waals surface area contributed by atoms with Gasteiger partial charge in [0.2, 0.25) is 11.8 Å². The summed E-state index contributed by atoms with van der Waals surface area (Å²) in [6, 6.07) is 16.2. The minimum atomic E-state index is -0.204. The zero-order valence-electron chi connectivity index (χ0n) is 22.9. The summed E-state index contributed by atoms with van der Waals surface area (Å²) >= 11 is 3.49. The molecule has 6 nitrogen and oxygen atoms in total. The SMILES string of the molecule is COc1ccccc1C(CCN1CCC2(CC1)CCN(Cc1ccc(Br)cc1)C2=O)NC(=O)C1CCCC1.Cl. The van der Waals surface area contributed by atoms with E-state index in [-0.39, 0.29) is 35.7 Å². The van der Waals surface area contributed by atoms with E-state index in [0.717, 1.165) is 93.3 Å². The number of piperidine rings is 1. The molecule has 2 heterocycles. The molecule has 2 amide bonds. The molecule has 0 bridgehead atoms. The highest BCUT2D eigenvalue weighted by atomic mass is 79.9. The first-order valence-corrected chi connectivity index (χ1v) is 15.0. The maximum Gasteiger partial charge on any atom is 0.229 e. The zero-order chi connectivity index (χ0) is 26.5. The van der Waals surface area contributed by atoms with Crippen molar-refractivity contribution in [3.05, 3.63) is 64.1 Å². The van der Waals surface area contributed by atoms with Gasteiger partial charge >= 0.3 is 0 Å². The number of nitrogens with one attached hydrogen (secondary N) is 1. The Kier molecular flexibility index (Phi) is 10.4. The largest absolute Gasteiger partial charge is 0.496 e. The van der Waals surface area contributed by atoms with Crippen molar-refractivity contribution in [1.82, 2.24) is 15.1 Å². The number of para-hydroxylation sites is 1. The molecule has 1 N–H and O–H groups in total. The third kappa shape index (κ3) is 6.98. The van der Waals surface area contributed by atoms with Crippen molar-refractivity contribution in [3.8, 4) is 5.75 Å². The fourth-order valence-corrected chi connectivity index (χ4v) is 6.84.